The number of nitrogens with zero attached hydrogens (tertiary/aromatic N) is 2. The summed E-state index contributed by atoms with van der Waals surface area (Å²) in [5.41, 5.74) is -0.336. The van der Waals surface area contributed by atoms with E-state index >= 15 is 0 Å². The van der Waals surface area contributed by atoms with Crippen LogP contribution < -0.4 is 5.32 Å². The maximum Gasteiger partial charge on any atom is 0.327 e. The average Bonchev–Trinajstić information content (AvgIpc) is 3.60. The second kappa shape index (κ2) is 9.48. The van der Waals surface area contributed by atoms with Crippen LogP contribution in [-0.2, 0) is 40.0 Å². The predicted octanol–water partition coefficient (Wildman–Crippen LogP) is -0.0679. The summed E-state index contributed by atoms with van der Waals surface area (Å²) in [6.45, 7) is 0.648. The van der Waals surface area contributed by atoms with E-state index < -0.39 is 47.9 Å². The second-order valence-electron chi connectivity index (χ2n) is 9.91. The van der Waals surface area contributed by atoms with Gasteiger partial charge in [0.15, 0.2) is 6.04 Å². The number of halogens is 1. The number of benzene rings is 1. The van der Waals surface area contributed by atoms with Crippen LogP contribution in [0.4, 0.5) is 0 Å². The molecule has 5 fully saturated rings. The van der Waals surface area contributed by atoms with Gasteiger partial charge in [-0.05, 0) is 53.1 Å². The monoisotopic (exact) mass is 613 g/mol. The van der Waals surface area contributed by atoms with E-state index in [1.807, 2.05) is 24.3 Å². The Kier molecular flexibility index (Phi) is 6.45. The van der Waals surface area contributed by atoms with Gasteiger partial charge in [0.05, 0.1) is 13.2 Å². The maximum atomic E-state index is 14.5. The number of nitrogens with one attached hydrogen (secondary N) is 1. The third-order valence-corrected chi connectivity index (χ3v) is 8.60. The van der Waals surface area contributed by atoms with Crippen molar-refractivity contribution < 1.29 is 38.5 Å². The smallest absolute Gasteiger partial charge is 0.327 e. The highest BCUT2D eigenvalue weighted by Gasteiger charge is 2.75. The van der Waals surface area contributed by atoms with Crippen molar-refractivity contribution in [1.82, 2.24) is 15.3 Å². The van der Waals surface area contributed by atoms with Crippen molar-refractivity contribution >= 4 is 40.4 Å². The zero-order valence-corrected chi connectivity index (χ0v) is 21.7. The van der Waals surface area contributed by atoms with E-state index in [0.717, 1.165) is 9.13 Å². The average molecular weight is 613 g/mol. The van der Waals surface area contributed by atoms with Crippen molar-refractivity contribution in [3.05, 3.63) is 33.4 Å². The van der Waals surface area contributed by atoms with Gasteiger partial charge in [-0.2, -0.15) is 5.06 Å². The Balaban J connectivity index is 1.37. The summed E-state index contributed by atoms with van der Waals surface area (Å²) in [5.74, 6) is -1.12. The highest BCUT2D eigenvalue weighted by molar-refractivity contribution is 14.1. The Bertz CT molecular complexity index is 1070. The molecule has 5 aliphatic rings. The van der Waals surface area contributed by atoms with E-state index in [2.05, 4.69) is 27.9 Å². The van der Waals surface area contributed by atoms with Crippen LogP contribution in [-0.4, -0.2) is 95.8 Å². The van der Waals surface area contributed by atoms with Crippen LogP contribution in [0.2, 0.25) is 0 Å². The van der Waals surface area contributed by atoms with Gasteiger partial charge in [0.1, 0.15) is 42.7 Å². The van der Waals surface area contributed by atoms with Crippen LogP contribution in [0.15, 0.2) is 24.3 Å². The summed E-state index contributed by atoms with van der Waals surface area (Å²) in [5, 5.41) is 13.4. The molecule has 36 heavy (non-hydrogen) atoms. The number of ether oxygens (including phenoxy) is 3. The summed E-state index contributed by atoms with van der Waals surface area (Å²) >= 11 is 2.23. The lowest BCUT2D eigenvalue weighted by Gasteiger charge is -2.50. The second-order valence-corrected chi connectivity index (χ2v) is 11.2. The Morgan fingerprint density at radius 2 is 2.08 bits per heavy atom. The van der Waals surface area contributed by atoms with Gasteiger partial charge in [0.25, 0.3) is 0 Å². The third kappa shape index (κ3) is 3.76. The summed E-state index contributed by atoms with van der Waals surface area (Å²) in [4.78, 5) is 48.8. The van der Waals surface area contributed by atoms with E-state index in [0.29, 0.717) is 19.4 Å². The Morgan fingerprint density at radius 3 is 2.89 bits per heavy atom. The Morgan fingerprint density at radius 1 is 1.25 bits per heavy atom. The molecular formula is C24H28IN3O8. The fourth-order valence-electron chi connectivity index (χ4n) is 6.47. The molecule has 0 unspecified atom stereocenters. The van der Waals surface area contributed by atoms with Gasteiger partial charge in [-0.3, -0.25) is 19.2 Å². The first kappa shape index (κ1) is 24.5. The molecule has 2 N–H and O–H groups in total. The third-order valence-electron chi connectivity index (χ3n) is 7.92. The van der Waals surface area contributed by atoms with Crippen molar-refractivity contribution in [3.63, 3.8) is 0 Å². The van der Waals surface area contributed by atoms with Crippen LogP contribution >= 0.6 is 22.6 Å². The molecule has 4 saturated heterocycles. The first-order valence-electron chi connectivity index (χ1n) is 12.3. The van der Waals surface area contributed by atoms with E-state index in [1.54, 1.807) is 9.96 Å². The summed E-state index contributed by atoms with van der Waals surface area (Å²) in [7, 11) is 0. The van der Waals surface area contributed by atoms with Gasteiger partial charge in [-0.15, -0.1) is 0 Å². The van der Waals surface area contributed by atoms with Gasteiger partial charge in [0.2, 0.25) is 11.8 Å². The highest BCUT2D eigenvalue weighted by atomic mass is 127. The lowest BCUT2D eigenvalue weighted by molar-refractivity contribution is -0.204. The molecule has 0 spiro atoms. The van der Waals surface area contributed by atoms with Crippen LogP contribution in [0.5, 0.6) is 0 Å². The van der Waals surface area contributed by atoms with Crippen molar-refractivity contribution in [2.75, 3.05) is 26.5 Å². The molecule has 11 nitrogen and oxygen atoms in total. The minimum Gasteiger partial charge on any atom is -0.458 e. The van der Waals surface area contributed by atoms with Gasteiger partial charge in [-0.1, -0.05) is 12.1 Å². The van der Waals surface area contributed by atoms with Crippen LogP contribution in [0.1, 0.15) is 24.8 Å². The topological polar surface area (TPSA) is 127 Å². The molecule has 12 heteroatoms. The number of fused-ring (bicyclic) bond motifs is 4. The highest BCUT2D eigenvalue weighted by Crippen LogP contribution is 2.56. The number of carbonyl (C=O) groups is 3. The van der Waals surface area contributed by atoms with Gasteiger partial charge in [-0.25, -0.2) is 0 Å². The molecule has 6 rings (SSSR count). The maximum absolute atomic E-state index is 14.5. The SMILES string of the molecule is O=C(NCCO)[C@H]1CCCN1C(=O)[C@@]12C[C@H]3OC(=O)[C@@H]1N(Cc1cccc(I)c1)O[C@@H]2[C@H]1OCO[C@H]13. The largest absolute Gasteiger partial charge is 0.458 e. The molecule has 1 saturated carbocycles. The van der Waals surface area contributed by atoms with Crippen LogP contribution in [0.3, 0.4) is 0 Å². The molecule has 2 amide bonds. The number of amides is 2. The number of rotatable bonds is 6. The first-order chi connectivity index (χ1) is 17.4. The fraction of sp³-hybridized carbons (Fsp3) is 0.625. The number of esters is 1. The molecule has 0 radical (unpaired) electrons. The van der Waals surface area contributed by atoms with Crippen LogP contribution in [0, 0.1) is 8.99 Å². The molecule has 1 aliphatic carbocycles. The lowest BCUT2D eigenvalue weighted by Crippen LogP contribution is -2.70. The lowest BCUT2D eigenvalue weighted by atomic mass is 9.62. The number of hydroxylamine groups is 2. The van der Waals surface area contributed by atoms with Crippen LogP contribution in [0.25, 0.3) is 0 Å². The number of hydrogen-bond acceptors (Lipinski definition) is 9. The van der Waals surface area contributed by atoms with E-state index in [9.17, 15) is 14.4 Å². The standard InChI is InChI=1S/C24H28IN3O8/c25-14-4-1-3-13(9-14)11-28-19-22(31)35-16-10-24(19,20(36-28)18-17(16)33-12-34-18)23(32)27-7-2-5-15(27)21(30)26-6-8-29/h1,3-4,9,15-20,29H,2,5-8,10-12H2,(H,26,30)/t15-,16-,17+,18+,19+,20-,24+/m1/s1. The van der Waals surface area contributed by atoms with E-state index in [4.69, 9.17) is 24.2 Å². The van der Waals surface area contributed by atoms with Gasteiger partial charge < -0.3 is 29.5 Å². The molecule has 194 valence electrons. The number of carbonyl (C=O) groups excluding carboxylic acids is 3. The number of aliphatic hydroxyl groups excluding tert-OH is 1. The number of hydrogen-bond donors (Lipinski definition) is 2. The number of likely N-dealkylation sites (tertiary alicyclic amines) is 1. The molecule has 1 aromatic carbocycles. The molecule has 1 aromatic rings. The molecule has 4 heterocycles. The zero-order valence-electron chi connectivity index (χ0n) is 19.5. The number of aliphatic hydroxyl groups is 1. The Hall–Kier alpha value is -1.84. The first-order valence-corrected chi connectivity index (χ1v) is 13.3. The molecule has 0 aromatic heterocycles. The summed E-state index contributed by atoms with van der Waals surface area (Å²) in [6, 6.07) is 6.20. The minimum atomic E-state index is -1.27. The minimum absolute atomic E-state index is 0.0327. The summed E-state index contributed by atoms with van der Waals surface area (Å²) < 4.78 is 18.5. The van der Waals surface area contributed by atoms with Crippen molar-refractivity contribution in [2.45, 2.75) is 62.3 Å². The Labute approximate surface area is 221 Å². The molecular weight excluding hydrogens is 585 g/mol. The van der Waals surface area contributed by atoms with Crippen molar-refractivity contribution in [1.29, 1.82) is 0 Å². The van der Waals surface area contributed by atoms with Gasteiger partial charge in [0, 0.05) is 23.1 Å². The zero-order chi connectivity index (χ0) is 25.0. The molecule has 4 aliphatic heterocycles. The van der Waals surface area contributed by atoms with E-state index in [1.165, 1.54) is 0 Å². The summed E-state index contributed by atoms with van der Waals surface area (Å²) in [6.07, 6.45) is -1.05. The van der Waals surface area contributed by atoms with E-state index in [-0.39, 0.29) is 44.7 Å². The molecule has 2 bridgehead atoms. The fourth-order valence-corrected chi connectivity index (χ4v) is 7.08. The molecule has 7 atom stereocenters. The normalized spacial score (nSPS) is 37.1. The van der Waals surface area contributed by atoms with Gasteiger partial charge >= 0.3 is 5.97 Å². The van der Waals surface area contributed by atoms with Crippen molar-refractivity contribution in [2.24, 2.45) is 5.41 Å². The predicted molar refractivity (Wildman–Crippen MR) is 130 cm³/mol. The quantitative estimate of drug-likeness (QED) is 0.335. The van der Waals surface area contributed by atoms with Crippen molar-refractivity contribution in [3.8, 4) is 0 Å².